The molecule has 2 aromatic heterocycles. The zero-order valence-electron chi connectivity index (χ0n) is 37.7. The number of thioether (sulfide) groups is 1. The van der Waals surface area contributed by atoms with Crippen molar-refractivity contribution in [3.8, 4) is 0 Å². The molecule has 16 nitrogen and oxygen atoms in total. The molecule has 6 rings (SSSR count). The quantitative estimate of drug-likeness (QED) is 0.153. The minimum atomic E-state index is -0.592. The molecule has 2 aliphatic rings. The van der Waals surface area contributed by atoms with Gasteiger partial charge in [-0.05, 0) is 141 Å². The van der Waals surface area contributed by atoms with Gasteiger partial charge in [-0.1, -0.05) is 35.0 Å². The van der Waals surface area contributed by atoms with E-state index in [4.69, 9.17) is 32.7 Å². The second kappa shape index (κ2) is 23.4. The number of carbonyl (C=O) groups excluding carboxylic acids is 2. The lowest BCUT2D eigenvalue weighted by Crippen LogP contribution is -2.50. The molecular weight excluding hydrogens is 894 g/mol. The average molecular weight is 952 g/mol. The highest BCUT2D eigenvalue weighted by Crippen LogP contribution is 2.23. The number of nitrogens with zero attached hydrogens (tertiary/aromatic N) is 7. The Balaban J connectivity index is 0.000000231. The van der Waals surface area contributed by atoms with E-state index in [0.29, 0.717) is 51.1 Å². The van der Waals surface area contributed by atoms with E-state index in [1.165, 1.54) is 57.3 Å². The van der Waals surface area contributed by atoms with Gasteiger partial charge in [0.1, 0.15) is 34.2 Å². The number of piperidine rings is 2. The number of carbonyl (C=O) groups is 2. The van der Waals surface area contributed by atoms with E-state index >= 15 is 0 Å². The summed E-state index contributed by atoms with van der Waals surface area (Å²) in [5.41, 5.74) is -0.0452. The highest BCUT2D eigenvalue weighted by molar-refractivity contribution is 7.98. The molecule has 2 aliphatic heterocycles. The molecule has 0 radical (unpaired) electrons. The van der Waals surface area contributed by atoms with Gasteiger partial charge in [0.15, 0.2) is 5.16 Å². The summed E-state index contributed by atoms with van der Waals surface area (Å²) in [7, 11) is 0. The molecular formula is C43H58Cl2F2N10O6S. The summed E-state index contributed by atoms with van der Waals surface area (Å²) in [6.07, 6.45) is 4.69. The van der Waals surface area contributed by atoms with E-state index in [1.54, 1.807) is 40.9 Å². The maximum absolute atomic E-state index is 13.7. The summed E-state index contributed by atoms with van der Waals surface area (Å²) < 4.78 is 40.4. The Morgan fingerprint density at radius 3 is 1.80 bits per heavy atom. The first kappa shape index (κ1) is 51.8. The monoisotopic (exact) mass is 950 g/mol. The van der Waals surface area contributed by atoms with Crippen molar-refractivity contribution in [1.82, 2.24) is 45.5 Å². The van der Waals surface area contributed by atoms with Gasteiger partial charge in [0.05, 0.1) is 13.1 Å². The molecule has 2 aromatic carbocycles. The molecule has 0 aliphatic carbocycles. The summed E-state index contributed by atoms with van der Waals surface area (Å²) in [6.45, 7) is 17.4. The van der Waals surface area contributed by atoms with Crippen molar-refractivity contribution in [3.63, 3.8) is 0 Å². The van der Waals surface area contributed by atoms with Gasteiger partial charge in [0.25, 0.3) is 11.1 Å². The van der Waals surface area contributed by atoms with Crippen LogP contribution < -0.4 is 32.0 Å². The number of aryl methyl sites for hydroxylation is 2. The van der Waals surface area contributed by atoms with Crippen LogP contribution in [0.5, 0.6) is 0 Å². The number of hydrogen-bond acceptors (Lipinski definition) is 13. The van der Waals surface area contributed by atoms with E-state index in [0.717, 1.165) is 38.8 Å². The predicted molar refractivity (Wildman–Crippen MR) is 245 cm³/mol. The molecule has 64 heavy (non-hydrogen) atoms. The number of ether oxygens (including phenoxy) is 2. The minimum absolute atomic E-state index is 0.0573. The minimum Gasteiger partial charge on any atom is -0.444 e. The fourth-order valence-corrected chi connectivity index (χ4v) is 7.38. The van der Waals surface area contributed by atoms with Crippen LogP contribution in [-0.2, 0) is 22.6 Å². The third-order valence-corrected chi connectivity index (χ3v) is 10.9. The smallest absolute Gasteiger partial charge is 0.407 e. The topological polar surface area (TPSA) is 187 Å². The lowest BCUT2D eigenvalue weighted by molar-refractivity contribution is 0.0486. The zero-order chi connectivity index (χ0) is 47.4. The highest BCUT2D eigenvalue weighted by atomic mass is 35.5. The molecule has 2 saturated heterocycles. The molecule has 0 bridgehead atoms. The molecule has 350 valence electrons. The molecule has 4 heterocycles. The normalized spacial score (nSPS) is 16.4. The molecule has 2 atom stereocenters. The first-order chi connectivity index (χ1) is 30.0. The van der Waals surface area contributed by atoms with E-state index in [2.05, 4.69) is 36.3 Å². The van der Waals surface area contributed by atoms with Crippen LogP contribution in [0.4, 0.5) is 24.3 Å². The zero-order valence-corrected chi connectivity index (χ0v) is 40.0. The van der Waals surface area contributed by atoms with Crippen molar-refractivity contribution in [2.24, 2.45) is 0 Å². The number of anilines is 1. The Morgan fingerprint density at radius 1 is 0.781 bits per heavy atom. The Bertz CT molecular complexity index is 2350. The second-order valence-electron chi connectivity index (χ2n) is 17.2. The maximum atomic E-state index is 13.7. The fourth-order valence-electron chi connectivity index (χ4n) is 6.54. The predicted octanol–water partition coefficient (Wildman–Crippen LogP) is 7.05. The molecule has 0 spiro atoms. The van der Waals surface area contributed by atoms with Crippen molar-refractivity contribution in [2.75, 3.05) is 37.3 Å². The van der Waals surface area contributed by atoms with Crippen molar-refractivity contribution in [3.05, 3.63) is 101 Å². The highest BCUT2D eigenvalue weighted by Gasteiger charge is 2.28. The van der Waals surface area contributed by atoms with Gasteiger partial charge < -0.3 is 30.3 Å². The van der Waals surface area contributed by atoms with Crippen LogP contribution in [-0.4, -0.2) is 97.4 Å². The van der Waals surface area contributed by atoms with Crippen LogP contribution in [0.25, 0.3) is 0 Å². The summed E-state index contributed by atoms with van der Waals surface area (Å²) in [6, 6.07) is 8.14. The Hall–Kier alpha value is -4.85. The largest absolute Gasteiger partial charge is 0.444 e. The van der Waals surface area contributed by atoms with Crippen LogP contribution in [0.15, 0.2) is 51.1 Å². The molecule has 4 aromatic rings. The van der Waals surface area contributed by atoms with E-state index < -0.39 is 28.9 Å². The molecule has 3 N–H and O–H groups in total. The Kier molecular flexibility index (Phi) is 18.9. The Labute approximate surface area is 386 Å². The van der Waals surface area contributed by atoms with Gasteiger partial charge in [0, 0.05) is 41.8 Å². The van der Waals surface area contributed by atoms with E-state index in [9.17, 15) is 28.0 Å². The summed E-state index contributed by atoms with van der Waals surface area (Å²) >= 11 is 13.5. The van der Waals surface area contributed by atoms with Gasteiger partial charge in [-0.2, -0.15) is 0 Å². The van der Waals surface area contributed by atoms with Gasteiger partial charge in [0.2, 0.25) is 5.95 Å². The third-order valence-electron chi connectivity index (χ3n) is 9.45. The lowest BCUT2D eigenvalue weighted by atomic mass is 10.1. The number of benzene rings is 2. The van der Waals surface area contributed by atoms with Gasteiger partial charge in [-0.3, -0.25) is 18.7 Å². The van der Waals surface area contributed by atoms with Crippen LogP contribution in [0.1, 0.15) is 89.7 Å². The van der Waals surface area contributed by atoms with E-state index in [1.807, 2.05) is 25.7 Å². The lowest BCUT2D eigenvalue weighted by Gasteiger charge is -2.34. The first-order valence-corrected chi connectivity index (χ1v) is 22.8. The second-order valence-corrected chi connectivity index (χ2v) is 18.8. The molecule has 21 heteroatoms. The van der Waals surface area contributed by atoms with Crippen molar-refractivity contribution >= 4 is 53.1 Å². The summed E-state index contributed by atoms with van der Waals surface area (Å²) in [5.74, 6) is -0.476. The number of hydrogen-bond donors (Lipinski definition) is 3. The van der Waals surface area contributed by atoms with Gasteiger partial charge >= 0.3 is 12.2 Å². The van der Waals surface area contributed by atoms with Crippen LogP contribution in [0.2, 0.25) is 10.0 Å². The number of alkyl carbamates (subject to hydrolysis) is 2. The van der Waals surface area contributed by atoms with Crippen molar-refractivity contribution < 1.29 is 27.8 Å². The first-order valence-electron chi connectivity index (χ1n) is 20.8. The number of amides is 2. The van der Waals surface area contributed by atoms with Crippen LogP contribution in [0, 0.1) is 25.5 Å². The summed E-state index contributed by atoms with van der Waals surface area (Å²) in [5, 5.41) is 26.2. The molecule has 2 amide bonds. The number of nitrogens with one attached hydrogen (secondary N) is 3. The van der Waals surface area contributed by atoms with Gasteiger partial charge in [-0.25, -0.2) is 18.4 Å². The molecule has 2 fully saturated rings. The SMILES string of the molecule is CC(C)(C)OC(=O)N[C@@H]1CCCNC1.CSc1nnc(C)c(=O)n1Cc1cc(F)ccc1Cl.Cc1nnc(N2CCC[C@@H](NC(=O)OC(C)(C)C)C2)n(Cc2cc(F)ccc2Cl)c1=O. The van der Waals surface area contributed by atoms with Crippen LogP contribution >= 0.6 is 35.0 Å². The standard InChI is InChI=1S/C21H27ClFN5O3.C12H11ClFN3OS.C10H20N2O2/c1-13-18(29)28(11-14-10-15(23)7-8-17(14)22)19(26-25-13)27-9-5-6-16(12-27)24-20(30)31-21(2,3)4;1-7-11(18)17(12(19-2)16-15-7)6-8-5-9(14)3-4-10(8)13;1-10(2,3)14-9(13)12-8-5-4-6-11-7-8/h7-8,10,16H,5-6,9,11-12H2,1-4H3,(H,24,30);3-5H,6H2,1-2H3;8,11H,4-7H2,1-3H3,(H,12,13)/t16-;;8-/m1.1/s1. The number of rotatable bonds is 8. The van der Waals surface area contributed by atoms with Crippen molar-refractivity contribution in [1.29, 1.82) is 0 Å². The van der Waals surface area contributed by atoms with Crippen molar-refractivity contribution in [2.45, 2.75) is 123 Å². The number of halogens is 4. The Morgan fingerprint density at radius 2 is 1.28 bits per heavy atom. The third kappa shape index (κ3) is 16.3. The summed E-state index contributed by atoms with van der Waals surface area (Å²) in [4.78, 5) is 50.3. The number of aromatic nitrogens is 6. The average Bonchev–Trinajstić information content (AvgIpc) is 3.20. The molecule has 0 saturated carbocycles. The molecule has 0 unspecified atom stereocenters. The maximum Gasteiger partial charge on any atom is 0.407 e. The van der Waals surface area contributed by atoms with Crippen LogP contribution in [0.3, 0.4) is 0 Å². The van der Waals surface area contributed by atoms with E-state index in [-0.39, 0.29) is 48.1 Å². The fraction of sp³-hybridized carbons (Fsp3) is 0.535. The van der Waals surface area contributed by atoms with Gasteiger partial charge in [-0.15, -0.1) is 20.4 Å².